The molecule has 1 aliphatic carbocycles. The Morgan fingerprint density at radius 1 is 1.37 bits per heavy atom. The highest BCUT2D eigenvalue weighted by Gasteiger charge is 2.38. The number of fused-ring (bicyclic) bond motifs is 1. The summed E-state index contributed by atoms with van der Waals surface area (Å²) in [5.74, 6) is -0.170. The van der Waals surface area contributed by atoms with Crippen LogP contribution in [0.1, 0.15) is 18.0 Å². The van der Waals surface area contributed by atoms with Gasteiger partial charge in [-0.3, -0.25) is 9.78 Å². The SMILES string of the molecule is C=C1C(COCc2ccccc2)[C@@H](O)C[C@@H]1n1cnc2c(=O)[nH]c(N)nc21. The number of aliphatic hydroxyl groups is 1. The number of anilines is 1. The maximum atomic E-state index is 12.0. The first-order chi connectivity index (χ1) is 13.0. The van der Waals surface area contributed by atoms with Crippen LogP contribution >= 0.6 is 0 Å². The van der Waals surface area contributed by atoms with Crippen LogP contribution < -0.4 is 11.3 Å². The lowest BCUT2D eigenvalue weighted by atomic mass is 10.0. The van der Waals surface area contributed by atoms with Gasteiger partial charge >= 0.3 is 0 Å². The van der Waals surface area contributed by atoms with E-state index in [-0.39, 0.29) is 29.0 Å². The highest BCUT2D eigenvalue weighted by atomic mass is 16.5. The number of hydrogen-bond donors (Lipinski definition) is 3. The van der Waals surface area contributed by atoms with Crippen molar-refractivity contribution < 1.29 is 9.84 Å². The number of hydrogen-bond acceptors (Lipinski definition) is 6. The first-order valence-corrected chi connectivity index (χ1v) is 8.75. The van der Waals surface area contributed by atoms with Gasteiger partial charge in [0.25, 0.3) is 5.56 Å². The molecule has 27 heavy (non-hydrogen) atoms. The highest BCUT2D eigenvalue weighted by Crippen LogP contribution is 2.40. The highest BCUT2D eigenvalue weighted by molar-refractivity contribution is 5.70. The monoisotopic (exact) mass is 367 g/mol. The number of H-pyrrole nitrogens is 1. The summed E-state index contributed by atoms with van der Waals surface area (Å²) in [6.45, 7) is 5.01. The predicted molar refractivity (Wildman–Crippen MR) is 101 cm³/mol. The van der Waals surface area contributed by atoms with Crippen molar-refractivity contribution in [3.8, 4) is 0 Å². The number of aromatic nitrogens is 4. The van der Waals surface area contributed by atoms with Gasteiger partial charge in [-0.2, -0.15) is 4.98 Å². The molecule has 1 aliphatic rings. The fourth-order valence-corrected chi connectivity index (χ4v) is 3.60. The number of nitrogens with zero attached hydrogens (tertiary/aromatic N) is 3. The van der Waals surface area contributed by atoms with Gasteiger partial charge in [0.1, 0.15) is 0 Å². The molecule has 4 N–H and O–H groups in total. The lowest BCUT2D eigenvalue weighted by Crippen LogP contribution is -2.20. The molecular weight excluding hydrogens is 346 g/mol. The van der Waals surface area contributed by atoms with Crippen LogP contribution in [0.5, 0.6) is 0 Å². The van der Waals surface area contributed by atoms with Crippen LogP contribution in [0.25, 0.3) is 11.2 Å². The molecule has 0 saturated heterocycles. The molecule has 4 rings (SSSR count). The van der Waals surface area contributed by atoms with Crippen LogP contribution in [0.4, 0.5) is 5.95 Å². The van der Waals surface area contributed by atoms with E-state index in [1.807, 2.05) is 30.3 Å². The summed E-state index contributed by atoms with van der Waals surface area (Å²) in [5.41, 5.74) is 7.79. The molecule has 0 aliphatic heterocycles. The molecule has 140 valence electrons. The Balaban J connectivity index is 1.51. The number of nitrogens with two attached hydrogens (primary N) is 1. The lowest BCUT2D eigenvalue weighted by molar-refractivity contribution is 0.0472. The van der Waals surface area contributed by atoms with Crippen LogP contribution in [0.2, 0.25) is 0 Å². The first-order valence-electron chi connectivity index (χ1n) is 8.75. The normalized spacial score (nSPS) is 22.6. The van der Waals surface area contributed by atoms with Crippen molar-refractivity contribution in [3.05, 3.63) is 64.7 Å². The molecule has 1 saturated carbocycles. The average molecular weight is 367 g/mol. The van der Waals surface area contributed by atoms with E-state index in [1.54, 1.807) is 10.9 Å². The smallest absolute Gasteiger partial charge is 0.280 e. The third-order valence-electron chi connectivity index (χ3n) is 5.03. The second-order valence-electron chi connectivity index (χ2n) is 6.78. The molecular formula is C19H21N5O3. The number of nitrogens with one attached hydrogen (secondary N) is 1. The maximum absolute atomic E-state index is 12.0. The van der Waals surface area contributed by atoms with Crippen LogP contribution in [0.3, 0.4) is 0 Å². The Kier molecular flexibility index (Phi) is 4.51. The number of aliphatic hydroxyl groups excluding tert-OH is 1. The predicted octanol–water partition coefficient (Wildman–Crippen LogP) is 1.40. The van der Waals surface area contributed by atoms with Gasteiger partial charge in [0, 0.05) is 5.92 Å². The Morgan fingerprint density at radius 2 is 2.15 bits per heavy atom. The fraction of sp³-hybridized carbons (Fsp3) is 0.316. The van der Waals surface area contributed by atoms with Crippen molar-refractivity contribution in [3.63, 3.8) is 0 Å². The van der Waals surface area contributed by atoms with E-state index < -0.39 is 6.10 Å². The Bertz CT molecular complexity index is 1030. The first kappa shape index (κ1) is 17.4. The van der Waals surface area contributed by atoms with Crippen LogP contribution in [-0.2, 0) is 11.3 Å². The zero-order chi connectivity index (χ0) is 19.0. The van der Waals surface area contributed by atoms with Crippen molar-refractivity contribution in [2.75, 3.05) is 12.3 Å². The number of aromatic amines is 1. The average Bonchev–Trinajstić information content (AvgIpc) is 3.18. The van der Waals surface area contributed by atoms with E-state index in [2.05, 4.69) is 21.5 Å². The van der Waals surface area contributed by atoms with E-state index in [0.29, 0.717) is 25.3 Å². The molecule has 3 atom stereocenters. The van der Waals surface area contributed by atoms with Crippen molar-refractivity contribution in [1.82, 2.24) is 19.5 Å². The Hall–Kier alpha value is -2.97. The molecule has 0 amide bonds. The van der Waals surface area contributed by atoms with Gasteiger partial charge in [-0.1, -0.05) is 36.9 Å². The van der Waals surface area contributed by atoms with Crippen molar-refractivity contribution in [2.24, 2.45) is 5.92 Å². The van der Waals surface area contributed by atoms with Crippen molar-refractivity contribution >= 4 is 17.1 Å². The molecule has 2 aromatic heterocycles. The Morgan fingerprint density at radius 3 is 2.93 bits per heavy atom. The molecule has 1 fully saturated rings. The summed E-state index contributed by atoms with van der Waals surface area (Å²) in [5, 5.41) is 10.5. The lowest BCUT2D eigenvalue weighted by Gasteiger charge is -2.18. The molecule has 1 unspecified atom stereocenters. The van der Waals surface area contributed by atoms with Gasteiger partial charge in [-0.05, 0) is 17.6 Å². The summed E-state index contributed by atoms with van der Waals surface area (Å²) >= 11 is 0. The summed E-state index contributed by atoms with van der Waals surface area (Å²) in [7, 11) is 0. The van der Waals surface area contributed by atoms with Crippen molar-refractivity contribution in [2.45, 2.75) is 25.2 Å². The van der Waals surface area contributed by atoms with E-state index in [9.17, 15) is 9.90 Å². The maximum Gasteiger partial charge on any atom is 0.280 e. The quantitative estimate of drug-likeness (QED) is 0.587. The molecule has 8 heteroatoms. The molecule has 3 aromatic rings. The molecule has 0 radical (unpaired) electrons. The largest absolute Gasteiger partial charge is 0.392 e. The second kappa shape index (κ2) is 6.98. The molecule has 0 bridgehead atoms. The topological polar surface area (TPSA) is 119 Å². The number of benzene rings is 1. The van der Waals surface area contributed by atoms with Crippen LogP contribution in [0, 0.1) is 5.92 Å². The minimum absolute atomic E-state index is 0.0288. The minimum Gasteiger partial charge on any atom is -0.392 e. The standard InChI is InChI=1S/C19H21N5O3/c1-11-13(9-27-8-12-5-3-2-4-6-12)15(25)7-14(11)24-10-21-16-17(24)22-19(20)23-18(16)26/h2-6,10,13-15,25H,1,7-9H2,(H3,20,22,23,26)/t13?,14-,15-/m0/s1. The van der Waals surface area contributed by atoms with Gasteiger partial charge in [0.2, 0.25) is 5.95 Å². The summed E-state index contributed by atoms with van der Waals surface area (Å²) in [6.07, 6.45) is 1.41. The van der Waals surface area contributed by atoms with E-state index in [0.717, 1.165) is 11.1 Å². The number of ether oxygens (including phenoxy) is 1. The van der Waals surface area contributed by atoms with Crippen molar-refractivity contribution in [1.29, 1.82) is 0 Å². The van der Waals surface area contributed by atoms with E-state index >= 15 is 0 Å². The third kappa shape index (κ3) is 3.24. The van der Waals surface area contributed by atoms with Gasteiger partial charge in [-0.15, -0.1) is 0 Å². The molecule has 8 nitrogen and oxygen atoms in total. The third-order valence-corrected chi connectivity index (χ3v) is 5.03. The zero-order valence-electron chi connectivity index (χ0n) is 14.7. The second-order valence-corrected chi connectivity index (χ2v) is 6.78. The molecule has 2 heterocycles. The summed E-state index contributed by atoms with van der Waals surface area (Å²) in [4.78, 5) is 22.7. The van der Waals surface area contributed by atoms with Gasteiger partial charge < -0.3 is 20.1 Å². The summed E-state index contributed by atoms with van der Waals surface area (Å²) in [6, 6.07) is 9.65. The van der Waals surface area contributed by atoms with E-state index in [4.69, 9.17) is 10.5 Å². The number of rotatable bonds is 5. The van der Waals surface area contributed by atoms with Gasteiger partial charge in [0.15, 0.2) is 11.2 Å². The minimum atomic E-state index is -0.588. The van der Waals surface area contributed by atoms with Crippen LogP contribution in [-0.4, -0.2) is 37.3 Å². The van der Waals surface area contributed by atoms with Gasteiger partial charge in [-0.25, -0.2) is 4.98 Å². The number of imidazole rings is 1. The Labute approximate surface area is 155 Å². The fourth-order valence-electron chi connectivity index (χ4n) is 3.60. The summed E-state index contributed by atoms with van der Waals surface area (Å²) < 4.78 is 7.55. The van der Waals surface area contributed by atoms with Gasteiger partial charge in [0.05, 0.1) is 31.7 Å². The van der Waals surface area contributed by atoms with E-state index in [1.165, 1.54) is 0 Å². The van der Waals surface area contributed by atoms with Crippen LogP contribution in [0.15, 0.2) is 53.6 Å². The molecule has 0 spiro atoms. The molecule has 1 aromatic carbocycles. The zero-order valence-corrected chi connectivity index (χ0v) is 14.7. The number of nitrogen functional groups attached to an aromatic ring is 1.